The van der Waals surface area contributed by atoms with Crippen molar-refractivity contribution in [1.82, 2.24) is 20.4 Å². The predicted octanol–water partition coefficient (Wildman–Crippen LogP) is 3.08. The Morgan fingerprint density at radius 3 is 2.76 bits per heavy atom. The molecule has 3 unspecified atom stereocenters. The summed E-state index contributed by atoms with van der Waals surface area (Å²) in [5, 5.41) is 10.3. The molecule has 1 aromatic rings. The van der Waals surface area contributed by atoms with Crippen molar-refractivity contribution in [3.63, 3.8) is 0 Å². The van der Waals surface area contributed by atoms with Crippen LogP contribution in [0, 0.1) is 5.92 Å². The fourth-order valence-electron chi connectivity index (χ4n) is 3.60. The van der Waals surface area contributed by atoms with Gasteiger partial charge in [0.2, 0.25) is 0 Å². The van der Waals surface area contributed by atoms with Crippen molar-refractivity contribution in [2.75, 3.05) is 13.1 Å². The van der Waals surface area contributed by atoms with Crippen molar-refractivity contribution >= 4 is 18.3 Å². The molecule has 3 rings (SSSR count). The van der Waals surface area contributed by atoms with Crippen molar-refractivity contribution in [2.24, 2.45) is 5.92 Å². The van der Waals surface area contributed by atoms with Gasteiger partial charge in [-0.05, 0) is 44.7 Å². The number of carbonyl (C=O) groups excluding carboxylic acids is 1. The molecule has 2 N–H and O–H groups in total. The van der Waals surface area contributed by atoms with Gasteiger partial charge in [-0.1, -0.05) is 6.42 Å². The maximum absolute atomic E-state index is 12.8. The number of aromatic nitrogens is 2. The molecule has 1 aliphatic heterocycles. The highest BCUT2D eigenvalue weighted by atomic mass is 35.5. The summed E-state index contributed by atoms with van der Waals surface area (Å²) in [4.78, 5) is 12.3. The van der Waals surface area contributed by atoms with Crippen molar-refractivity contribution in [3.05, 3.63) is 18.0 Å². The summed E-state index contributed by atoms with van der Waals surface area (Å²) in [6, 6.07) is 1.43. The summed E-state index contributed by atoms with van der Waals surface area (Å²) in [6.45, 7) is 1.81. The van der Waals surface area contributed by atoms with E-state index in [-0.39, 0.29) is 42.9 Å². The van der Waals surface area contributed by atoms with Gasteiger partial charge >= 0.3 is 6.18 Å². The molecule has 1 amide bonds. The van der Waals surface area contributed by atoms with Crippen molar-refractivity contribution in [2.45, 2.75) is 56.8 Å². The molecule has 1 saturated heterocycles. The number of hydrogen-bond donors (Lipinski definition) is 2. The van der Waals surface area contributed by atoms with Crippen LogP contribution in [0.15, 0.2) is 12.3 Å². The molecule has 1 aliphatic carbocycles. The van der Waals surface area contributed by atoms with E-state index in [0.717, 1.165) is 25.9 Å². The fraction of sp³-hybridized carbons (Fsp3) is 0.750. The molecule has 2 fully saturated rings. The first-order valence-corrected chi connectivity index (χ1v) is 8.57. The van der Waals surface area contributed by atoms with Crippen LogP contribution in [-0.4, -0.2) is 41.0 Å². The van der Waals surface area contributed by atoms with Gasteiger partial charge in [-0.2, -0.15) is 18.3 Å². The van der Waals surface area contributed by atoms with Gasteiger partial charge in [-0.15, -0.1) is 12.4 Å². The number of hydrogen-bond acceptors (Lipinski definition) is 3. The molecule has 1 aromatic heterocycles. The highest BCUT2D eigenvalue weighted by molar-refractivity contribution is 5.92. The minimum absolute atomic E-state index is 0. The lowest BCUT2D eigenvalue weighted by molar-refractivity contribution is -0.183. The van der Waals surface area contributed by atoms with Crippen LogP contribution >= 0.6 is 12.4 Å². The highest BCUT2D eigenvalue weighted by Crippen LogP contribution is 2.37. The van der Waals surface area contributed by atoms with Gasteiger partial charge in [-0.3, -0.25) is 9.48 Å². The molecule has 25 heavy (non-hydrogen) atoms. The number of alkyl halides is 3. The zero-order chi connectivity index (χ0) is 17.2. The Balaban J connectivity index is 0.00000225. The topological polar surface area (TPSA) is 59.0 Å². The Hall–Kier alpha value is -1.28. The molecule has 2 aliphatic rings. The molecule has 2 heterocycles. The van der Waals surface area contributed by atoms with Crippen LogP contribution < -0.4 is 10.6 Å². The Kier molecular flexibility index (Phi) is 6.73. The minimum Gasteiger partial charge on any atom is -0.348 e. The first-order chi connectivity index (χ1) is 11.4. The summed E-state index contributed by atoms with van der Waals surface area (Å²) in [6.07, 6.45) is 0.841. The van der Waals surface area contributed by atoms with Gasteiger partial charge in [0.15, 0.2) is 0 Å². The summed E-state index contributed by atoms with van der Waals surface area (Å²) in [5.41, 5.74) is 0.273. The normalized spacial score (nSPS) is 27.4. The van der Waals surface area contributed by atoms with Gasteiger partial charge in [0.25, 0.3) is 5.91 Å². The van der Waals surface area contributed by atoms with E-state index in [4.69, 9.17) is 0 Å². The SMILES string of the molecule is Cl.O=C(NC1CCCC(C(F)(F)F)C1)c1ccn(C2CCCNC2)n1. The molecule has 0 aromatic carbocycles. The van der Waals surface area contributed by atoms with Gasteiger partial charge in [-0.25, -0.2) is 0 Å². The molecule has 142 valence electrons. The molecule has 5 nitrogen and oxygen atoms in total. The molecule has 1 saturated carbocycles. The quantitative estimate of drug-likeness (QED) is 0.847. The first-order valence-electron chi connectivity index (χ1n) is 8.57. The van der Waals surface area contributed by atoms with E-state index < -0.39 is 18.1 Å². The van der Waals surface area contributed by atoms with Crippen LogP contribution in [-0.2, 0) is 0 Å². The van der Waals surface area contributed by atoms with E-state index in [2.05, 4.69) is 15.7 Å². The lowest BCUT2D eigenvalue weighted by atomic mass is 9.85. The Morgan fingerprint density at radius 2 is 2.08 bits per heavy atom. The number of rotatable bonds is 3. The van der Waals surface area contributed by atoms with Crippen molar-refractivity contribution < 1.29 is 18.0 Å². The van der Waals surface area contributed by atoms with Crippen LogP contribution in [0.25, 0.3) is 0 Å². The van der Waals surface area contributed by atoms with Crippen LogP contribution in [0.4, 0.5) is 13.2 Å². The van der Waals surface area contributed by atoms with Crippen LogP contribution in [0.5, 0.6) is 0 Å². The Bertz CT molecular complexity index is 572. The monoisotopic (exact) mass is 380 g/mol. The second kappa shape index (κ2) is 8.40. The molecule has 9 heteroatoms. The van der Waals surface area contributed by atoms with E-state index in [0.29, 0.717) is 12.8 Å². The zero-order valence-corrected chi connectivity index (χ0v) is 14.7. The molecule has 0 radical (unpaired) electrons. The van der Waals surface area contributed by atoms with Gasteiger partial charge in [0, 0.05) is 18.8 Å². The van der Waals surface area contributed by atoms with E-state index >= 15 is 0 Å². The van der Waals surface area contributed by atoms with E-state index in [1.54, 1.807) is 16.9 Å². The molecular weight excluding hydrogens is 357 g/mol. The van der Waals surface area contributed by atoms with E-state index in [9.17, 15) is 18.0 Å². The lowest BCUT2D eigenvalue weighted by Gasteiger charge is -2.30. The summed E-state index contributed by atoms with van der Waals surface area (Å²) in [7, 11) is 0. The summed E-state index contributed by atoms with van der Waals surface area (Å²) in [5.74, 6) is -1.70. The molecule has 0 bridgehead atoms. The summed E-state index contributed by atoms with van der Waals surface area (Å²) < 4.78 is 40.3. The van der Waals surface area contributed by atoms with Gasteiger partial charge < -0.3 is 10.6 Å². The number of nitrogens with one attached hydrogen (secondary N) is 2. The van der Waals surface area contributed by atoms with Crippen LogP contribution in [0.2, 0.25) is 0 Å². The predicted molar refractivity (Wildman–Crippen MR) is 89.9 cm³/mol. The minimum atomic E-state index is -4.18. The number of amides is 1. The number of carbonyl (C=O) groups is 1. The lowest BCUT2D eigenvalue weighted by Crippen LogP contribution is -2.41. The fourth-order valence-corrected chi connectivity index (χ4v) is 3.60. The van der Waals surface area contributed by atoms with E-state index in [1.165, 1.54) is 0 Å². The van der Waals surface area contributed by atoms with Crippen molar-refractivity contribution in [3.8, 4) is 0 Å². The number of nitrogens with zero attached hydrogens (tertiary/aromatic N) is 2. The smallest absolute Gasteiger partial charge is 0.348 e. The second-order valence-electron chi connectivity index (χ2n) is 6.76. The Labute approximate surface area is 151 Å². The van der Waals surface area contributed by atoms with Crippen molar-refractivity contribution in [1.29, 1.82) is 0 Å². The maximum Gasteiger partial charge on any atom is 0.391 e. The third-order valence-electron chi connectivity index (χ3n) is 4.96. The maximum atomic E-state index is 12.8. The standard InChI is InChI=1S/C16H23F3N4O.ClH/c17-16(18,19)11-3-1-4-12(9-11)21-15(24)14-6-8-23(22-14)13-5-2-7-20-10-13;/h6,8,11-13,20H,1-5,7,9-10H2,(H,21,24);1H. The third-order valence-corrected chi connectivity index (χ3v) is 4.96. The largest absolute Gasteiger partial charge is 0.391 e. The molecule has 0 spiro atoms. The third kappa shape index (κ3) is 5.10. The Morgan fingerprint density at radius 1 is 1.28 bits per heavy atom. The summed E-state index contributed by atoms with van der Waals surface area (Å²) >= 11 is 0. The average molecular weight is 381 g/mol. The number of piperidine rings is 1. The van der Waals surface area contributed by atoms with Gasteiger partial charge in [0.1, 0.15) is 5.69 Å². The molecule has 3 atom stereocenters. The van der Waals surface area contributed by atoms with E-state index in [1.807, 2.05) is 0 Å². The average Bonchev–Trinajstić information content (AvgIpc) is 3.05. The second-order valence-corrected chi connectivity index (χ2v) is 6.76. The zero-order valence-electron chi connectivity index (χ0n) is 13.9. The number of halogens is 4. The highest BCUT2D eigenvalue weighted by Gasteiger charge is 2.42. The first kappa shape index (κ1) is 20.0. The van der Waals surface area contributed by atoms with Gasteiger partial charge in [0.05, 0.1) is 12.0 Å². The molecular formula is C16H24ClF3N4O. The van der Waals surface area contributed by atoms with Crippen LogP contribution in [0.3, 0.4) is 0 Å². The van der Waals surface area contributed by atoms with Crippen LogP contribution in [0.1, 0.15) is 55.1 Å².